The third kappa shape index (κ3) is 4.92. The Labute approximate surface area is 226 Å². The molecule has 4 nitrogen and oxygen atoms in total. The molecule has 2 aromatic carbocycles. The normalized spacial score (nSPS) is 21.2. The van der Waals surface area contributed by atoms with Crippen molar-refractivity contribution in [1.29, 1.82) is 0 Å². The Morgan fingerprint density at radius 2 is 1.44 bits per heavy atom. The molecule has 5 rings (SSSR count). The number of rotatable bonds is 4. The molecule has 36 heavy (non-hydrogen) atoms. The van der Waals surface area contributed by atoms with Gasteiger partial charge in [0.15, 0.2) is 11.6 Å². The summed E-state index contributed by atoms with van der Waals surface area (Å²) in [5, 5.41) is 4.12. The van der Waals surface area contributed by atoms with E-state index >= 15 is 0 Å². The molecule has 2 aliphatic carbocycles. The zero-order valence-electron chi connectivity index (χ0n) is 21.1. The van der Waals surface area contributed by atoms with E-state index in [0.29, 0.717) is 41.4 Å². The van der Waals surface area contributed by atoms with Gasteiger partial charge in [-0.15, -0.1) is 0 Å². The SMILES string of the molecule is CC1(C)CC(=O)C2=C(C1)NC1=C(C(=O)CC(C)(C)C1)C2c1cc(Cl)ccc1OCc1ccc(Br)cc1. The predicted molar refractivity (Wildman–Crippen MR) is 146 cm³/mol. The van der Waals surface area contributed by atoms with E-state index in [1.54, 1.807) is 6.07 Å². The standard InChI is InChI=1S/C30H31BrClNO3/c1-29(2)12-21-27(23(34)14-29)26(28-22(33-21)13-30(3,4)15-24(28)35)20-11-19(32)9-10-25(20)36-16-17-5-7-18(31)8-6-17/h5-11,26,33H,12-16H2,1-4H3. The molecule has 0 saturated heterocycles. The number of benzene rings is 2. The second kappa shape index (κ2) is 9.18. The fourth-order valence-corrected chi connectivity index (χ4v) is 6.26. The van der Waals surface area contributed by atoms with E-state index in [9.17, 15) is 9.59 Å². The number of ketones is 2. The molecule has 0 unspecified atom stereocenters. The highest BCUT2D eigenvalue weighted by Crippen LogP contribution is 2.52. The van der Waals surface area contributed by atoms with Crippen molar-refractivity contribution < 1.29 is 14.3 Å². The van der Waals surface area contributed by atoms with Crippen LogP contribution in [0.25, 0.3) is 0 Å². The molecule has 0 bridgehead atoms. The maximum absolute atomic E-state index is 13.6. The monoisotopic (exact) mass is 567 g/mol. The molecular weight excluding hydrogens is 538 g/mol. The molecule has 3 aliphatic rings. The molecule has 0 radical (unpaired) electrons. The number of allylic oxidation sites excluding steroid dienone is 4. The van der Waals surface area contributed by atoms with Crippen LogP contribution in [0, 0.1) is 10.8 Å². The van der Waals surface area contributed by atoms with Crippen LogP contribution >= 0.6 is 27.5 Å². The lowest BCUT2D eigenvalue weighted by atomic mass is 9.64. The zero-order chi connectivity index (χ0) is 25.8. The molecule has 1 N–H and O–H groups in total. The number of hydrogen-bond donors (Lipinski definition) is 1. The summed E-state index contributed by atoms with van der Waals surface area (Å²) >= 11 is 9.98. The van der Waals surface area contributed by atoms with Crippen LogP contribution in [0.2, 0.25) is 5.02 Å². The first-order valence-corrected chi connectivity index (χ1v) is 13.6. The number of halogens is 2. The van der Waals surface area contributed by atoms with Gasteiger partial charge < -0.3 is 10.1 Å². The van der Waals surface area contributed by atoms with Crippen molar-refractivity contribution in [2.75, 3.05) is 0 Å². The van der Waals surface area contributed by atoms with Gasteiger partial charge in [-0.25, -0.2) is 0 Å². The Bertz CT molecular complexity index is 1270. The van der Waals surface area contributed by atoms with Gasteiger partial charge in [0.1, 0.15) is 12.4 Å². The summed E-state index contributed by atoms with van der Waals surface area (Å²) in [5.41, 5.74) is 4.77. The van der Waals surface area contributed by atoms with Gasteiger partial charge >= 0.3 is 0 Å². The Morgan fingerprint density at radius 1 is 0.889 bits per heavy atom. The van der Waals surface area contributed by atoms with Gasteiger partial charge in [0.2, 0.25) is 0 Å². The summed E-state index contributed by atoms with van der Waals surface area (Å²) in [6.07, 6.45) is 2.40. The maximum Gasteiger partial charge on any atom is 0.162 e. The van der Waals surface area contributed by atoms with Gasteiger partial charge in [-0.3, -0.25) is 9.59 Å². The van der Waals surface area contributed by atoms with E-state index in [2.05, 4.69) is 48.9 Å². The number of Topliss-reactive ketones (excluding diaryl/α,β-unsaturated/α-hetero) is 2. The Kier molecular flexibility index (Phi) is 6.45. The van der Waals surface area contributed by atoms with Crippen molar-refractivity contribution >= 4 is 39.1 Å². The Morgan fingerprint density at radius 3 is 2.00 bits per heavy atom. The first-order chi connectivity index (χ1) is 16.9. The van der Waals surface area contributed by atoms with E-state index in [4.69, 9.17) is 16.3 Å². The first kappa shape index (κ1) is 25.3. The number of carbonyl (C=O) groups is 2. The minimum atomic E-state index is -0.484. The van der Waals surface area contributed by atoms with Crippen molar-refractivity contribution in [1.82, 2.24) is 5.32 Å². The van der Waals surface area contributed by atoms with Crippen LogP contribution in [0.1, 0.15) is 70.4 Å². The quantitative estimate of drug-likeness (QED) is 0.411. The van der Waals surface area contributed by atoms with Crippen molar-refractivity contribution in [2.24, 2.45) is 10.8 Å². The second-order valence-corrected chi connectivity index (χ2v) is 13.2. The molecule has 2 aromatic rings. The van der Waals surface area contributed by atoms with Crippen LogP contribution in [-0.2, 0) is 16.2 Å². The van der Waals surface area contributed by atoms with Crippen molar-refractivity contribution in [3.05, 3.63) is 85.6 Å². The molecule has 1 aliphatic heterocycles. The molecule has 0 aromatic heterocycles. The Balaban J connectivity index is 1.63. The molecule has 188 valence electrons. The van der Waals surface area contributed by atoms with Gasteiger partial charge in [-0.05, 0) is 59.6 Å². The van der Waals surface area contributed by atoms with Crippen molar-refractivity contribution in [2.45, 2.75) is 65.9 Å². The second-order valence-electron chi connectivity index (χ2n) is 11.8. The average molecular weight is 569 g/mol. The third-order valence-electron chi connectivity index (χ3n) is 7.31. The summed E-state index contributed by atoms with van der Waals surface area (Å²) in [5.74, 6) is 0.328. The topological polar surface area (TPSA) is 55.4 Å². The number of hydrogen-bond acceptors (Lipinski definition) is 4. The molecule has 0 fully saturated rings. The molecule has 1 heterocycles. The maximum atomic E-state index is 13.6. The fourth-order valence-electron chi connectivity index (χ4n) is 5.82. The van der Waals surface area contributed by atoms with Gasteiger partial charge in [0.05, 0.1) is 0 Å². The van der Waals surface area contributed by atoms with E-state index in [-0.39, 0.29) is 22.4 Å². The summed E-state index contributed by atoms with van der Waals surface area (Å²) in [6, 6.07) is 13.5. The van der Waals surface area contributed by atoms with Crippen LogP contribution in [0.4, 0.5) is 0 Å². The highest BCUT2D eigenvalue weighted by Gasteiger charge is 2.47. The summed E-state index contributed by atoms with van der Waals surface area (Å²) in [7, 11) is 0. The van der Waals surface area contributed by atoms with Gasteiger partial charge in [-0.2, -0.15) is 0 Å². The molecule has 0 saturated carbocycles. The zero-order valence-corrected chi connectivity index (χ0v) is 23.5. The van der Waals surface area contributed by atoms with Crippen LogP contribution in [0.15, 0.2) is 69.5 Å². The third-order valence-corrected chi connectivity index (χ3v) is 8.07. The highest BCUT2D eigenvalue weighted by atomic mass is 79.9. The molecule has 0 amide bonds. The smallest absolute Gasteiger partial charge is 0.162 e. The van der Waals surface area contributed by atoms with E-state index < -0.39 is 5.92 Å². The lowest BCUT2D eigenvalue weighted by Crippen LogP contribution is -2.42. The minimum Gasteiger partial charge on any atom is -0.489 e. The van der Waals surface area contributed by atoms with Gasteiger partial charge in [0.25, 0.3) is 0 Å². The molecular formula is C30H31BrClNO3. The number of carbonyl (C=O) groups excluding carboxylic acids is 2. The van der Waals surface area contributed by atoms with Gasteiger partial charge in [-0.1, -0.05) is 67.4 Å². The summed E-state index contributed by atoms with van der Waals surface area (Å²) in [4.78, 5) is 27.3. The number of nitrogens with one attached hydrogen (secondary N) is 1. The largest absolute Gasteiger partial charge is 0.489 e. The van der Waals surface area contributed by atoms with Crippen molar-refractivity contribution in [3.8, 4) is 5.75 Å². The van der Waals surface area contributed by atoms with Crippen LogP contribution in [0.5, 0.6) is 5.75 Å². The van der Waals surface area contributed by atoms with Crippen LogP contribution < -0.4 is 10.1 Å². The highest BCUT2D eigenvalue weighted by molar-refractivity contribution is 9.10. The fraction of sp³-hybridized carbons (Fsp3) is 0.400. The van der Waals surface area contributed by atoms with Crippen molar-refractivity contribution in [3.63, 3.8) is 0 Å². The van der Waals surface area contributed by atoms with E-state index in [1.165, 1.54) is 0 Å². The Hall–Kier alpha value is -2.37. The minimum absolute atomic E-state index is 0.0850. The lowest BCUT2D eigenvalue weighted by molar-refractivity contribution is -0.119. The summed E-state index contributed by atoms with van der Waals surface area (Å²) in [6.45, 7) is 8.86. The van der Waals surface area contributed by atoms with E-state index in [0.717, 1.165) is 39.8 Å². The van der Waals surface area contributed by atoms with Gasteiger partial charge in [0, 0.05) is 56.4 Å². The average Bonchev–Trinajstić information content (AvgIpc) is 2.76. The predicted octanol–water partition coefficient (Wildman–Crippen LogP) is 7.65. The first-order valence-electron chi connectivity index (χ1n) is 12.4. The molecule has 0 atom stereocenters. The number of ether oxygens (including phenoxy) is 1. The summed E-state index contributed by atoms with van der Waals surface area (Å²) < 4.78 is 7.33. The molecule has 0 spiro atoms. The van der Waals surface area contributed by atoms with E-state index in [1.807, 2.05) is 36.4 Å². The molecule has 6 heteroatoms. The van der Waals surface area contributed by atoms with Crippen LogP contribution in [0.3, 0.4) is 0 Å². The number of dihydropyridines is 1. The van der Waals surface area contributed by atoms with Crippen LogP contribution in [-0.4, -0.2) is 11.6 Å². The lowest BCUT2D eigenvalue weighted by Gasteiger charge is -2.44.